The van der Waals surface area contributed by atoms with E-state index in [1.165, 1.54) is 6.92 Å². The van der Waals surface area contributed by atoms with Crippen molar-refractivity contribution in [2.45, 2.75) is 18.5 Å². The van der Waals surface area contributed by atoms with Crippen LogP contribution in [0.1, 0.15) is 12.5 Å². The van der Waals surface area contributed by atoms with Crippen LogP contribution in [0.4, 0.5) is 24.5 Å². The van der Waals surface area contributed by atoms with E-state index >= 15 is 0 Å². The number of hydrogen-bond donors (Lipinski definition) is 1. The third-order valence-electron chi connectivity index (χ3n) is 2.14. The third kappa shape index (κ3) is 3.82. The van der Waals surface area contributed by atoms with Gasteiger partial charge in [0.05, 0.1) is 16.2 Å². The Balaban J connectivity index is 3.24. The van der Waals surface area contributed by atoms with Crippen LogP contribution in [0, 0.1) is 10.1 Å². The van der Waals surface area contributed by atoms with E-state index in [2.05, 4.69) is 0 Å². The Hall–Kier alpha value is -1.83. The molecule has 0 bridgehead atoms. The molecule has 1 atom stereocenters. The molecule has 0 fully saturated rings. The molecule has 0 unspecified atom stereocenters. The zero-order valence-electron chi connectivity index (χ0n) is 9.49. The molecule has 9 heteroatoms. The monoisotopic (exact) mass is 296 g/mol. The first-order valence-electron chi connectivity index (χ1n) is 4.93. The molecular weight excluding hydrogens is 289 g/mol. The number of rotatable bonds is 3. The normalized spacial score (nSPS) is 12.9. The summed E-state index contributed by atoms with van der Waals surface area (Å²) in [6, 6.07) is 2.04. The number of carbonyl (C=O) groups is 1. The van der Waals surface area contributed by atoms with Crippen molar-refractivity contribution in [3.8, 4) is 0 Å². The van der Waals surface area contributed by atoms with E-state index in [1.807, 2.05) is 5.32 Å². The van der Waals surface area contributed by atoms with Crippen LogP contribution in [0.25, 0.3) is 0 Å². The minimum atomic E-state index is -4.83. The second kappa shape index (κ2) is 5.43. The number of carbonyl (C=O) groups excluding carboxylic acids is 1. The summed E-state index contributed by atoms with van der Waals surface area (Å²) in [7, 11) is 0. The van der Waals surface area contributed by atoms with E-state index < -0.39 is 39.3 Å². The van der Waals surface area contributed by atoms with E-state index in [-0.39, 0.29) is 0 Å². The molecular formula is C10H8ClF3N2O3. The average molecular weight is 297 g/mol. The first kappa shape index (κ1) is 15.2. The number of non-ortho nitro benzene ring substituents is 1. The number of amides is 1. The molecule has 104 valence electrons. The maximum absolute atomic E-state index is 12.7. The highest BCUT2D eigenvalue weighted by molar-refractivity contribution is 6.32. The molecule has 1 rings (SSSR count). The lowest BCUT2D eigenvalue weighted by Gasteiger charge is -2.14. The largest absolute Gasteiger partial charge is 0.418 e. The van der Waals surface area contributed by atoms with Gasteiger partial charge in [-0.15, -0.1) is 11.6 Å². The number of nitrogens with one attached hydrogen (secondary N) is 1. The molecule has 1 aromatic carbocycles. The molecule has 0 spiro atoms. The minimum Gasteiger partial charge on any atom is -0.324 e. The van der Waals surface area contributed by atoms with Gasteiger partial charge in [-0.1, -0.05) is 0 Å². The molecule has 0 aliphatic rings. The fourth-order valence-corrected chi connectivity index (χ4v) is 1.28. The topological polar surface area (TPSA) is 72.2 Å². The Bertz CT molecular complexity index is 517. The van der Waals surface area contributed by atoms with Gasteiger partial charge in [0, 0.05) is 12.1 Å². The van der Waals surface area contributed by atoms with Gasteiger partial charge in [-0.25, -0.2) is 0 Å². The van der Waals surface area contributed by atoms with Gasteiger partial charge in [-0.3, -0.25) is 14.9 Å². The fourth-order valence-electron chi connectivity index (χ4n) is 1.22. The third-order valence-corrected chi connectivity index (χ3v) is 2.34. The van der Waals surface area contributed by atoms with Crippen LogP contribution in [0.2, 0.25) is 0 Å². The summed E-state index contributed by atoms with van der Waals surface area (Å²) in [4.78, 5) is 20.8. The molecule has 19 heavy (non-hydrogen) atoms. The van der Waals surface area contributed by atoms with E-state index in [4.69, 9.17) is 11.6 Å². The van der Waals surface area contributed by atoms with Crippen LogP contribution < -0.4 is 5.32 Å². The number of benzene rings is 1. The van der Waals surface area contributed by atoms with E-state index in [1.54, 1.807) is 0 Å². The first-order chi connectivity index (χ1) is 8.62. The second-order valence-electron chi connectivity index (χ2n) is 3.59. The maximum atomic E-state index is 12.7. The van der Waals surface area contributed by atoms with Gasteiger partial charge in [0.25, 0.3) is 5.69 Å². The number of nitro groups is 1. The molecule has 0 aromatic heterocycles. The van der Waals surface area contributed by atoms with E-state index in [0.717, 1.165) is 12.1 Å². The van der Waals surface area contributed by atoms with Crippen molar-refractivity contribution in [1.82, 2.24) is 0 Å². The molecule has 1 aromatic rings. The predicted octanol–water partition coefficient (Wildman–Crippen LogP) is 3.18. The Morgan fingerprint density at radius 3 is 2.47 bits per heavy atom. The molecule has 5 nitrogen and oxygen atoms in total. The van der Waals surface area contributed by atoms with Gasteiger partial charge in [0.15, 0.2) is 0 Å². The molecule has 0 saturated carbocycles. The van der Waals surface area contributed by atoms with Crippen molar-refractivity contribution >= 4 is 28.9 Å². The molecule has 1 N–H and O–H groups in total. The Morgan fingerprint density at radius 1 is 1.47 bits per heavy atom. The number of nitro benzene ring substituents is 1. The summed E-state index contributed by atoms with van der Waals surface area (Å²) in [5.41, 5.74) is -2.59. The van der Waals surface area contributed by atoms with Gasteiger partial charge in [-0.2, -0.15) is 13.2 Å². The molecule has 1 amide bonds. The van der Waals surface area contributed by atoms with Crippen LogP contribution in [-0.4, -0.2) is 16.2 Å². The summed E-state index contributed by atoms with van der Waals surface area (Å²) in [6.45, 7) is 1.29. The zero-order chi connectivity index (χ0) is 14.8. The minimum absolute atomic E-state index is 0.356. The summed E-state index contributed by atoms with van der Waals surface area (Å²) in [5, 5.41) is 11.4. The van der Waals surface area contributed by atoms with Gasteiger partial charge in [0.1, 0.15) is 5.38 Å². The highest BCUT2D eigenvalue weighted by atomic mass is 35.5. The number of alkyl halides is 4. The van der Waals surface area contributed by atoms with E-state index in [9.17, 15) is 28.1 Å². The van der Waals surface area contributed by atoms with Crippen LogP contribution in [0.15, 0.2) is 18.2 Å². The second-order valence-corrected chi connectivity index (χ2v) is 4.24. The molecule has 0 aliphatic heterocycles. The summed E-state index contributed by atoms with van der Waals surface area (Å²) < 4.78 is 38.2. The SMILES string of the molecule is C[C@H](Cl)C(=O)Nc1ccc([N+](=O)[O-])cc1C(F)(F)F. The van der Waals surface area contributed by atoms with Crippen molar-refractivity contribution in [3.05, 3.63) is 33.9 Å². The predicted molar refractivity (Wildman–Crippen MR) is 62.0 cm³/mol. The number of anilines is 1. The Labute approximate surface area is 110 Å². The van der Waals surface area contributed by atoms with Crippen molar-refractivity contribution in [2.24, 2.45) is 0 Å². The summed E-state index contributed by atoms with van der Waals surface area (Å²) in [5.74, 6) is -0.832. The fraction of sp³-hybridized carbons (Fsp3) is 0.300. The lowest BCUT2D eigenvalue weighted by atomic mass is 10.1. The lowest BCUT2D eigenvalue weighted by Crippen LogP contribution is -2.22. The average Bonchev–Trinajstić information content (AvgIpc) is 2.27. The van der Waals surface area contributed by atoms with Gasteiger partial charge in [0.2, 0.25) is 5.91 Å². The quantitative estimate of drug-likeness (QED) is 0.529. The summed E-state index contributed by atoms with van der Waals surface area (Å²) >= 11 is 5.42. The highest BCUT2D eigenvalue weighted by Gasteiger charge is 2.35. The Morgan fingerprint density at radius 2 is 2.05 bits per heavy atom. The van der Waals surface area contributed by atoms with Crippen molar-refractivity contribution in [1.29, 1.82) is 0 Å². The van der Waals surface area contributed by atoms with Crippen molar-refractivity contribution in [2.75, 3.05) is 5.32 Å². The maximum Gasteiger partial charge on any atom is 0.418 e. The molecule has 0 saturated heterocycles. The van der Waals surface area contributed by atoms with Gasteiger partial charge >= 0.3 is 6.18 Å². The zero-order valence-corrected chi connectivity index (χ0v) is 10.2. The summed E-state index contributed by atoms with van der Waals surface area (Å²) in [6.07, 6.45) is -4.83. The molecule has 0 aliphatic carbocycles. The Kier molecular flexibility index (Phi) is 4.35. The lowest BCUT2D eigenvalue weighted by molar-refractivity contribution is -0.385. The number of nitrogens with zero attached hydrogens (tertiary/aromatic N) is 1. The standard InChI is InChI=1S/C10H8ClF3N2O3/c1-5(11)9(17)15-8-3-2-6(16(18)19)4-7(8)10(12,13)14/h2-5H,1H3,(H,15,17)/t5-/m0/s1. The van der Waals surface area contributed by atoms with Crippen molar-refractivity contribution in [3.63, 3.8) is 0 Å². The number of hydrogen-bond acceptors (Lipinski definition) is 3. The van der Waals surface area contributed by atoms with Crippen LogP contribution >= 0.6 is 11.6 Å². The van der Waals surface area contributed by atoms with Gasteiger partial charge < -0.3 is 5.32 Å². The number of halogens is 4. The van der Waals surface area contributed by atoms with E-state index in [0.29, 0.717) is 6.07 Å². The van der Waals surface area contributed by atoms with Crippen LogP contribution in [0.5, 0.6) is 0 Å². The molecule has 0 radical (unpaired) electrons. The smallest absolute Gasteiger partial charge is 0.324 e. The van der Waals surface area contributed by atoms with Gasteiger partial charge in [-0.05, 0) is 13.0 Å². The van der Waals surface area contributed by atoms with Crippen molar-refractivity contribution < 1.29 is 22.9 Å². The van der Waals surface area contributed by atoms with Crippen LogP contribution in [-0.2, 0) is 11.0 Å². The highest BCUT2D eigenvalue weighted by Crippen LogP contribution is 2.37. The molecule has 0 heterocycles. The van der Waals surface area contributed by atoms with Crippen LogP contribution in [0.3, 0.4) is 0 Å². The first-order valence-corrected chi connectivity index (χ1v) is 5.37.